The zero-order valence-corrected chi connectivity index (χ0v) is 11.4. The van der Waals surface area contributed by atoms with Crippen LogP contribution < -0.4 is 5.32 Å². The van der Waals surface area contributed by atoms with Crippen molar-refractivity contribution >= 4 is 5.95 Å². The molecule has 0 atom stereocenters. The third-order valence-corrected chi connectivity index (χ3v) is 3.78. The average molecular weight is 259 g/mol. The third kappa shape index (κ3) is 2.80. The molecule has 0 unspecified atom stereocenters. The minimum Gasteiger partial charge on any atom is -0.354 e. The maximum atomic E-state index is 4.60. The molecule has 5 heteroatoms. The third-order valence-electron chi connectivity index (χ3n) is 3.78. The van der Waals surface area contributed by atoms with E-state index in [1.165, 1.54) is 25.7 Å². The van der Waals surface area contributed by atoms with Gasteiger partial charge in [-0.15, -0.1) is 0 Å². The second-order valence-electron chi connectivity index (χ2n) is 5.28. The van der Waals surface area contributed by atoms with Gasteiger partial charge >= 0.3 is 0 Å². The zero-order valence-electron chi connectivity index (χ0n) is 11.4. The summed E-state index contributed by atoms with van der Waals surface area (Å²) in [7, 11) is 0. The Bertz CT molecular complexity index is 508. The number of anilines is 1. The first kappa shape index (κ1) is 12.3. The topological polar surface area (TPSA) is 47.7 Å². The van der Waals surface area contributed by atoms with Gasteiger partial charge in [0.25, 0.3) is 0 Å². The first-order chi connectivity index (χ1) is 9.33. The molecule has 1 aliphatic rings. The van der Waals surface area contributed by atoms with Crippen molar-refractivity contribution in [1.29, 1.82) is 0 Å². The fourth-order valence-corrected chi connectivity index (χ4v) is 2.82. The molecular weight excluding hydrogens is 238 g/mol. The summed E-state index contributed by atoms with van der Waals surface area (Å²) >= 11 is 0. The summed E-state index contributed by atoms with van der Waals surface area (Å²) in [6.45, 7) is 3.85. The summed E-state index contributed by atoms with van der Waals surface area (Å²) in [6, 6.07) is 0.636. The summed E-state index contributed by atoms with van der Waals surface area (Å²) in [4.78, 5) is 8.65. The standard InChI is InChI=1S/C14H21N5/c1-12-10-19(13-4-2-3-5-13)14(17-12)16-7-9-18-8-6-15-11-18/h6,8,10-11,13H,2-5,7,9H2,1H3,(H,16,17). The molecule has 2 heterocycles. The Hall–Kier alpha value is -1.78. The number of aryl methyl sites for hydroxylation is 1. The second-order valence-corrected chi connectivity index (χ2v) is 5.28. The lowest BCUT2D eigenvalue weighted by Crippen LogP contribution is -2.14. The SMILES string of the molecule is Cc1cn(C2CCCC2)c(NCCn2ccnc2)n1. The van der Waals surface area contributed by atoms with Gasteiger partial charge in [0.1, 0.15) is 0 Å². The predicted octanol–water partition coefficient (Wildman–Crippen LogP) is 2.62. The van der Waals surface area contributed by atoms with E-state index in [0.717, 1.165) is 24.7 Å². The van der Waals surface area contributed by atoms with E-state index in [-0.39, 0.29) is 0 Å². The van der Waals surface area contributed by atoms with E-state index in [4.69, 9.17) is 0 Å². The van der Waals surface area contributed by atoms with Crippen LogP contribution in [0.5, 0.6) is 0 Å². The van der Waals surface area contributed by atoms with Crippen molar-refractivity contribution in [3.63, 3.8) is 0 Å². The van der Waals surface area contributed by atoms with Crippen molar-refractivity contribution < 1.29 is 0 Å². The lowest BCUT2D eigenvalue weighted by molar-refractivity contribution is 0.522. The van der Waals surface area contributed by atoms with Gasteiger partial charge in [0, 0.05) is 37.7 Å². The molecule has 1 aliphatic carbocycles. The van der Waals surface area contributed by atoms with E-state index in [0.29, 0.717) is 6.04 Å². The number of hydrogen-bond acceptors (Lipinski definition) is 3. The van der Waals surface area contributed by atoms with Crippen LogP contribution in [0.25, 0.3) is 0 Å². The highest BCUT2D eigenvalue weighted by Crippen LogP contribution is 2.31. The number of aromatic nitrogens is 4. The number of hydrogen-bond donors (Lipinski definition) is 1. The Labute approximate surface area is 113 Å². The number of rotatable bonds is 5. The van der Waals surface area contributed by atoms with Gasteiger partial charge in [0.15, 0.2) is 0 Å². The van der Waals surface area contributed by atoms with Gasteiger partial charge in [-0.2, -0.15) is 0 Å². The van der Waals surface area contributed by atoms with E-state index in [2.05, 4.69) is 37.5 Å². The molecule has 1 saturated carbocycles. The molecule has 0 aliphatic heterocycles. The minimum atomic E-state index is 0.636. The number of imidazole rings is 2. The van der Waals surface area contributed by atoms with Crippen molar-refractivity contribution in [3.05, 3.63) is 30.6 Å². The van der Waals surface area contributed by atoms with Crippen LogP contribution in [0.1, 0.15) is 37.4 Å². The highest BCUT2D eigenvalue weighted by atomic mass is 15.2. The van der Waals surface area contributed by atoms with E-state index < -0.39 is 0 Å². The van der Waals surface area contributed by atoms with Crippen molar-refractivity contribution in [2.75, 3.05) is 11.9 Å². The van der Waals surface area contributed by atoms with Crippen LogP contribution >= 0.6 is 0 Å². The minimum absolute atomic E-state index is 0.636. The van der Waals surface area contributed by atoms with Crippen LogP contribution in [0.2, 0.25) is 0 Å². The molecule has 3 rings (SSSR count). The van der Waals surface area contributed by atoms with Gasteiger partial charge in [-0.05, 0) is 19.8 Å². The molecule has 1 N–H and O–H groups in total. The monoisotopic (exact) mass is 259 g/mol. The molecule has 0 aromatic carbocycles. The summed E-state index contributed by atoms with van der Waals surface area (Å²) in [5.41, 5.74) is 1.09. The van der Waals surface area contributed by atoms with Crippen LogP contribution in [0.15, 0.2) is 24.9 Å². The molecule has 0 saturated heterocycles. The molecule has 2 aromatic heterocycles. The molecular formula is C14H21N5. The zero-order chi connectivity index (χ0) is 13.1. The molecule has 1 fully saturated rings. The van der Waals surface area contributed by atoms with E-state index in [1.807, 2.05) is 18.7 Å². The summed E-state index contributed by atoms with van der Waals surface area (Å²) in [6.07, 6.45) is 13.1. The fraction of sp³-hybridized carbons (Fsp3) is 0.571. The summed E-state index contributed by atoms with van der Waals surface area (Å²) in [5, 5.41) is 3.45. The predicted molar refractivity (Wildman–Crippen MR) is 75.2 cm³/mol. The first-order valence-corrected chi connectivity index (χ1v) is 7.08. The van der Waals surface area contributed by atoms with Crippen molar-refractivity contribution in [3.8, 4) is 0 Å². The Morgan fingerprint density at radius 3 is 2.95 bits per heavy atom. The van der Waals surface area contributed by atoms with Gasteiger partial charge in [0.05, 0.1) is 12.0 Å². The quantitative estimate of drug-likeness (QED) is 0.898. The van der Waals surface area contributed by atoms with Crippen LogP contribution in [-0.4, -0.2) is 25.6 Å². The average Bonchev–Trinajstić information content (AvgIpc) is 3.09. The Morgan fingerprint density at radius 1 is 1.37 bits per heavy atom. The van der Waals surface area contributed by atoms with Crippen molar-refractivity contribution in [2.45, 2.75) is 45.2 Å². The largest absolute Gasteiger partial charge is 0.354 e. The van der Waals surface area contributed by atoms with Crippen LogP contribution in [0, 0.1) is 6.92 Å². The second kappa shape index (κ2) is 5.47. The van der Waals surface area contributed by atoms with Gasteiger partial charge in [-0.1, -0.05) is 12.8 Å². The summed E-state index contributed by atoms with van der Waals surface area (Å²) < 4.78 is 4.40. The molecule has 0 bridgehead atoms. The highest BCUT2D eigenvalue weighted by Gasteiger charge is 2.19. The van der Waals surface area contributed by atoms with Gasteiger partial charge < -0.3 is 14.5 Å². The normalized spacial score (nSPS) is 16.1. The van der Waals surface area contributed by atoms with Crippen molar-refractivity contribution in [1.82, 2.24) is 19.1 Å². The summed E-state index contributed by atoms with van der Waals surface area (Å²) in [5.74, 6) is 1.02. The maximum Gasteiger partial charge on any atom is 0.203 e. The Balaban J connectivity index is 1.63. The van der Waals surface area contributed by atoms with E-state index in [1.54, 1.807) is 0 Å². The number of nitrogens with one attached hydrogen (secondary N) is 1. The first-order valence-electron chi connectivity index (χ1n) is 7.08. The highest BCUT2D eigenvalue weighted by molar-refractivity contribution is 5.29. The molecule has 0 amide bonds. The lowest BCUT2D eigenvalue weighted by atomic mass is 10.2. The smallest absolute Gasteiger partial charge is 0.203 e. The van der Waals surface area contributed by atoms with Gasteiger partial charge in [-0.3, -0.25) is 0 Å². The van der Waals surface area contributed by atoms with Gasteiger partial charge in [0.2, 0.25) is 5.95 Å². The number of nitrogens with zero attached hydrogens (tertiary/aromatic N) is 4. The lowest BCUT2D eigenvalue weighted by Gasteiger charge is -2.15. The fourth-order valence-electron chi connectivity index (χ4n) is 2.82. The Morgan fingerprint density at radius 2 is 2.21 bits per heavy atom. The van der Waals surface area contributed by atoms with Crippen LogP contribution in [-0.2, 0) is 6.54 Å². The molecule has 0 spiro atoms. The molecule has 19 heavy (non-hydrogen) atoms. The van der Waals surface area contributed by atoms with Crippen molar-refractivity contribution in [2.24, 2.45) is 0 Å². The van der Waals surface area contributed by atoms with Crippen LogP contribution in [0.4, 0.5) is 5.95 Å². The maximum absolute atomic E-state index is 4.60. The molecule has 102 valence electrons. The van der Waals surface area contributed by atoms with Gasteiger partial charge in [-0.25, -0.2) is 9.97 Å². The Kier molecular flexibility index (Phi) is 3.53. The van der Waals surface area contributed by atoms with E-state index >= 15 is 0 Å². The molecule has 5 nitrogen and oxygen atoms in total. The molecule has 2 aromatic rings. The van der Waals surface area contributed by atoms with E-state index in [9.17, 15) is 0 Å². The molecule has 0 radical (unpaired) electrons. The van der Waals surface area contributed by atoms with Crippen LogP contribution in [0.3, 0.4) is 0 Å².